The maximum Gasteiger partial charge on any atom is 0.323 e. The lowest BCUT2D eigenvalue weighted by Gasteiger charge is -2.36. The van der Waals surface area contributed by atoms with Crippen LogP contribution in [0.1, 0.15) is 47.3 Å². The van der Waals surface area contributed by atoms with E-state index in [2.05, 4.69) is 9.97 Å². The highest BCUT2D eigenvalue weighted by molar-refractivity contribution is 6.06. The number of aliphatic hydroxyl groups excluding tert-OH is 1. The van der Waals surface area contributed by atoms with E-state index in [0.29, 0.717) is 30.5 Å². The third kappa shape index (κ3) is 4.44. The van der Waals surface area contributed by atoms with Gasteiger partial charge in [0, 0.05) is 18.6 Å². The number of aromatic nitrogens is 3. The number of carbonyl (C=O) groups excluding carboxylic acids is 1. The van der Waals surface area contributed by atoms with Crippen molar-refractivity contribution >= 4 is 22.9 Å². The summed E-state index contributed by atoms with van der Waals surface area (Å²) in [6.07, 6.45) is 7.27. The summed E-state index contributed by atoms with van der Waals surface area (Å²) in [6.45, 7) is 1.97. The van der Waals surface area contributed by atoms with Crippen molar-refractivity contribution in [1.29, 1.82) is 0 Å². The number of carboxylic acid groups (broad SMARTS) is 1. The molecular weight excluding hydrogens is 396 g/mol. The molecule has 2 atom stereocenters. The Morgan fingerprint density at radius 1 is 1.19 bits per heavy atom. The summed E-state index contributed by atoms with van der Waals surface area (Å²) in [7, 11) is 0. The van der Waals surface area contributed by atoms with Gasteiger partial charge in [-0.1, -0.05) is 18.9 Å². The number of carboxylic acids is 1. The fourth-order valence-corrected chi connectivity index (χ4v) is 4.27. The fraction of sp³-hybridized carbons (Fsp3) is 0.391. The van der Waals surface area contributed by atoms with Crippen LogP contribution in [0, 0.1) is 6.92 Å². The first-order valence-electron chi connectivity index (χ1n) is 10.5. The van der Waals surface area contributed by atoms with E-state index in [4.69, 9.17) is 0 Å². The van der Waals surface area contributed by atoms with Crippen molar-refractivity contribution in [2.24, 2.45) is 0 Å². The van der Waals surface area contributed by atoms with E-state index in [1.807, 2.05) is 29.7 Å². The Morgan fingerprint density at radius 2 is 2.00 bits per heavy atom. The van der Waals surface area contributed by atoms with E-state index >= 15 is 0 Å². The molecule has 1 aliphatic rings. The van der Waals surface area contributed by atoms with E-state index in [1.165, 1.54) is 4.90 Å². The maximum atomic E-state index is 13.5. The molecule has 0 spiro atoms. The zero-order valence-corrected chi connectivity index (χ0v) is 17.4. The summed E-state index contributed by atoms with van der Waals surface area (Å²) in [5.41, 5.74) is 3.53. The molecule has 3 aromatic heterocycles. The molecule has 2 N–H and O–H groups in total. The highest BCUT2D eigenvalue weighted by atomic mass is 16.4. The number of aliphatic carboxylic acids is 1. The Bertz CT molecular complexity index is 1090. The lowest BCUT2D eigenvalue weighted by Crippen LogP contribution is -2.50. The molecule has 0 aromatic carbocycles. The van der Waals surface area contributed by atoms with Crippen LogP contribution in [0.5, 0.6) is 0 Å². The smallest absolute Gasteiger partial charge is 0.323 e. The molecule has 1 amide bonds. The van der Waals surface area contributed by atoms with Crippen molar-refractivity contribution in [2.45, 2.75) is 51.3 Å². The molecule has 1 fully saturated rings. The molecule has 0 saturated heterocycles. The molecule has 3 heterocycles. The highest BCUT2D eigenvalue weighted by Crippen LogP contribution is 2.27. The summed E-state index contributed by atoms with van der Waals surface area (Å²) in [4.78, 5) is 35.2. The average molecular weight is 422 g/mol. The van der Waals surface area contributed by atoms with E-state index in [0.717, 1.165) is 29.6 Å². The normalized spacial score (nSPS) is 18.8. The van der Waals surface area contributed by atoms with Gasteiger partial charge in [0.2, 0.25) is 0 Å². The molecule has 162 valence electrons. The maximum absolute atomic E-state index is 13.5. The molecule has 1 saturated carbocycles. The largest absolute Gasteiger partial charge is 0.480 e. The zero-order chi connectivity index (χ0) is 22.0. The second kappa shape index (κ2) is 8.85. The number of aryl methyl sites for hydroxylation is 1. The third-order valence-electron chi connectivity index (χ3n) is 5.83. The molecular formula is C23H26N4O4. The van der Waals surface area contributed by atoms with Gasteiger partial charge in [0.25, 0.3) is 5.91 Å². The van der Waals surface area contributed by atoms with Gasteiger partial charge in [-0.3, -0.25) is 19.6 Å². The van der Waals surface area contributed by atoms with Crippen LogP contribution in [0.25, 0.3) is 11.0 Å². The molecule has 0 unspecified atom stereocenters. The number of rotatable bonds is 6. The lowest BCUT2D eigenvalue weighted by atomic mass is 9.91. The van der Waals surface area contributed by atoms with Crippen molar-refractivity contribution in [3.8, 4) is 0 Å². The predicted molar refractivity (Wildman–Crippen MR) is 115 cm³/mol. The van der Waals surface area contributed by atoms with Crippen molar-refractivity contribution in [1.82, 2.24) is 19.4 Å². The standard InChI is InChI=1S/C23H26N4O4/c1-15-8-9-16(25-11-15)12-26-13-17(22-19(26)6-4-10-24-22)23(31)27(14-21(29)30)18-5-2-3-7-20(18)28/h4,6,8-11,13,18,20,28H,2-3,5,7,12,14H2,1H3,(H,29,30)/t18-,20-/m0/s1. The molecule has 4 rings (SSSR count). The van der Waals surface area contributed by atoms with Crippen LogP contribution in [0.3, 0.4) is 0 Å². The van der Waals surface area contributed by atoms with Crippen LogP contribution in [0.2, 0.25) is 0 Å². The number of hydrogen-bond donors (Lipinski definition) is 2. The lowest BCUT2D eigenvalue weighted by molar-refractivity contribution is -0.139. The quantitative estimate of drug-likeness (QED) is 0.632. The SMILES string of the molecule is Cc1ccc(Cn2cc(C(=O)N(CC(=O)O)[C@H]3CCCC[C@@H]3O)c3ncccc32)nc1. The average Bonchev–Trinajstić information content (AvgIpc) is 3.12. The van der Waals surface area contributed by atoms with Gasteiger partial charge in [-0.15, -0.1) is 0 Å². The molecule has 3 aromatic rings. The number of hydrogen-bond acceptors (Lipinski definition) is 5. The molecule has 0 bridgehead atoms. The predicted octanol–water partition coefficient (Wildman–Crippen LogP) is 2.62. The zero-order valence-electron chi connectivity index (χ0n) is 17.4. The van der Waals surface area contributed by atoms with Gasteiger partial charge in [-0.25, -0.2) is 0 Å². The topological polar surface area (TPSA) is 109 Å². The van der Waals surface area contributed by atoms with Crippen LogP contribution < -0.4 is 0 Å². The van der Waals surface area contributed by atoms with Crippen LogP contribution in [0.15, 0.2) is 42.9 Å². The van der Waals surface area contributed by atoms with Crippen LogP contribution in [-0.4, -0.2) is 60.2 Å². The Hall–Kier alpha value is -3.26. The van der Waals surface area contributed by atoms with E-state index in [1.54, 1.807) is 24.7 Å². The monoisotopic (exact) mass is 422 g/mol. The number of nitrogens with zero attached hydrogens (tertiary/aromatic N) is 4. The van der Waals surface area contributed by atoms with Crippen molar-refractivity contribution in [2.75, 3.05) is 6.54 Å². The third-order valence-corrected chi connectivity index (χ3v) is 5.83. The number of pyridine rings is 2. The molecule has 8 nitrogen and oxygen atoms in total. The van der Waals surface area contributed by atoms with E-state index < -0.39 is 30.6 Å². The minimum Gasteiger partial charge on any atom is -0.480 e. The van der Waals surface area contributed by atoms with E-state index in [9.17, 15) is 19.8 Å². The van der Waals surface area contributed by atoms with Crippen LogP contribution >= 0.6 is 0 Å². The first-order chi connectivity index (χ1) is 14.9. The molecule has 31 heavy (non-hydrogen) atoms. The number of carbonyl (C=O) groups is 2. The van der Waals surface area contributed by atoms with Gasteiger partial charge in [0.15, 0.2) is 0 Å². The molecule has 0 aliphatic heterocycles. The number of aliphatic hydroxyl groups is 1. The summed E-state index contributed by atoms with van der Waals surface area (Å²) in [5.74, 6) is -1.53. The number of amides is 1. The van der Waals surface area contributed by atoms with Gasteiger partial charge >= 0.3 is 5.97 Å². The second-order valence-electron chi connectivity index (χ2n) is 8.11. The molecule has 0 radical (unpaired) electrons. The van der Waals surface area contributed by atoms with Gasteiger partial charge in [-0.05, 0) is 43.5 Å². The number of fused-ring (bicyclic) bond motifs is 1. The van der Waals surface area contributed by atoms with Gasteiger partial charge in [-0.2, -0.15) is 0 Å². The van der Waals surface area contributed by atoms with Crippen molar-refractivity contribution in [3.05, 3.63) is 59.7 Å². The fourth-order valence-electron chi connectivity index (χ4n) is 4.27. The first kappa shape index (κ1) is 21.0. The summed E-state index contributed by atoms with van der Waals surface area (Å²) in [6, 6.07) is 7.09. The minimum absolute atomic E-state index is 0.335. The first-order valence-corrected chi connectivity index (χ1v) is 10.5. The van der Waals surface area contributed by atoms with Crippen LogP contribution in [0.4, 0.5) is 0 Å². The Balaban J connectivity index is 1.72. The molecule has 8 heteroatoms. The summed E-state index contributed by atoms with van der Waals surface area (Å²) < 4.78 is 1.91. The Morgan fingerprint density at radius 3 is 2.71 bits per heavy atom. The minimum atomic E-state index is -1.10. The Labute approximate surface area is 180 Å². The van der Waals surface area contributed by atoms with Gasteiger partial charge < -0.3 is 19.7 Å². The van der Waals surface area contributed by atoms with Crippen LogP contribution in [-0.2, 0) is 11.3 Å². The van der Waals surface area contributed by atoms with Crippen molar-refractivity contribution < 1.29 is 19.8 Å². The van der Waals surface area contributed by atoms with E-state index in [-0.39, 0.29) is 0 Å². The van der Waals surface area contributed by atoms with Crippen molar-refractivity contribution in [3.63, 3.8) is 0 Å². The highest BCUT2D eigenvalue weighted by Gasteiger charge is 2.35. The molecule has 1 aliphatic carbocycles. The Kier molecular flexibility index (Phi) is 5.99. The summed E-state index contributed by atoms with van der Waals surface area (Å²) in [5, 5.41) is 19.9. The van der Waals surface area contributed by atoms with Gasteiger partial charge in [0.1, 0.15) is 12.1 Å². The second-order valence-corrected chi connectivity index (χ2v) is 8.11. The summed E-state index contributed by atoms with van der Waals surface area (Å²) >= 11 is 0. The van der Waals surface area contributed by atoms with Gasteiger partial charge in [0.05, 0.1) is 35.5 Å².